The van der Waals surface area contributed by atoms with Gasteiger partial charge >= 0.3 is 0 Å². The van der Waals surface area contributed by atoms with Crippen molar-refractivity contribution in [3.63, 3.8) is 0 Å². The number of aryl methyl sites for hydroxylation is 1. The number of aromatic nitrogens is 3. The number of unbranched alkanes of at least 4 members (excludes halogenated alkanes) is 1. The van der Waals surface area contributed by atoms with Crippen molar-refractivity contribution in [2.75, 3.05) is 19.6 Å². The Kier molecular flexibility index (Phi) is 5.68. The summed E-state index contributed by atoms with van der Waals surface area (Å²) in [5, 5.41) is 4.21. The lowest BCUT2D eigenvalue weighted by Gasteiger charge is -2.14. The number of hydrogen-bond acceptors (Lipinski definition) is 5. The second-order valence-electron chi connectivity index (χ2n) is 8.89. The number of hydrogen-bond donors (Lipinski definition) is 2. The van der Waals surface area contributed by atoms with E-state index in [4.69, 9.17) is 0 Å². The third-order valence-corrected chi connectivity index (χ3v) is 6.59. The minimum Gasteiger partial charge on any atom is -0.359 e. The van der Waals surface area contributed by atoms with Crippen LogP contribution in [-0.2, 0) is 11.2 Å². The molecule has 2 fully saturated rings. The van der Waals surface area contributed by atoms with Gasteiger partial charge in [-0.15, -0.1) is 0 Å². The van der Waals surface area contributed by atoms with E-state index in [1.54, 1.807) is 18.6 Å². The Labute approximate surface area is 183 Å². The molecule has 2 aromatic rings. The first-order chi connectivity index (χ1) is 15.2. The normalized spacial score (nSPS) is 20.5. The van der Waals surface area contributed by atoms with Crippen LogP contribution in [0.3, 0.4) is 0 Å². The Morgan fingerprint density at radius 3 is 2.77 bits per heavy atom. The third-order valence-electron chi connectivity index (χ3n) is 6.59. The fourth-order valence-corrected chi connectivity index (χ4v) is 4.86. The summed E-state index contributed by atoms with van der Waals surface area (Å²) < 4.78 is 0. The fourth-order valence-electron chi connectivity index (χ4n) is 4.86. The van der Waals surface area contributed by atoms with Gasteiger partial charge in [0.1, 0.15) is 11.4 Å². The van der Waals surface area contributed by atoms with Gasteiger partial charge in [-0.1, -0.05) is 0 Å². The second kappa shape index (κ2) is 8.75. The summed E-state index contributed by atoms with van der Waals surface area (Å²) in [6, 6.07) is 0. The highest BCUT2D eigenvalue weighted by Gasteiger charge is 2.32. The van der Waals surface area contributed by atoms with Gasteiger partial charge in [-0.2, -0.15) is 5.10 Å². The van der Waals surface area contributed by atoms with Gasteiger partial charge in [0.25, 0.3) is 5.91 Å². The maximum absolute atomic E-state index is 12.5. The summed E-state index contributed by atoms with van der Waals surface area (Å²) in [6.45, 7) is 5.92. The van der Waals surface area contributed by atoms with Crippen molar-refractivity contribution in [2.24, 2.45) is 5.10 Å². The zero-order valence-corrected chi connectivity index (χ0v) is 18.2. The standard InChI is InChI=1S/C24H30N6O/c1-16-18(6-2-3-11-30-12-4-5-13-30)22(17-7-8-17)20(27-16)14-19-23(28-29-24(19)31)21-15-25-9-10-26-21/h9-10,14-15,17,27H,2-8,11-13H2,1H3,(H,29,31). The number of likely N-dealkylation sites (tertiary alicyclic amines) is 1. The largest absolute Gasteiger partial charge is 0.359 e. The van der Waals surface area contributed by atoms with Crippen molar-refractivity contribution in [2.45, 2.75) is 57.8 Å². The molecule has 162 valence electrons. The summed E-state index contributed by atoms with van der Waals surface area (Å²) in [5.41, 5.74) is 9.43. The molecule has 2 aliphatic heterocycles. The van der Waals surface area contributed by atoms with Crippen LogP contribution in [0.15, 0.2) is 29.3 Å². The number of nitrogens with one attached hydrogen (secondary N) is 2. The highest BCUT2D eigenvalue weighted by atomic mass is 16.2. The summed E-state index contributed by atoms with van der Waals surface area (Å²) in [6.07, 6.45) is 15.6. The van der Waals surface area contributed by atoms with E-state index in [0.717, 1.165) is 12.1 Å². The van der Waals surface area contributed by atoms with Crippen LogP contribution in [0.4, 0.5) is 0 Å². The lowest BCUT2D eigenvalue weighted by molar-refractivity contribution is -0.116. The van der Waals surface area contributed by atoms with Crippen LogP contribution in [0.25, 0.3) is 6.08 Å². The molecule has 1 aliphatic carbocycles. The van der Waals surface area contributed by atoms with Crippen molar-refractivity contribution >= 4 is 17.7 Å². The number of carbonyl (C=O) groups is 1. The second-order valence-corrected chi connectivity index (χ2v) is 8.89. The minimum atomic E-state index is -0.193. The highest BCUT2D eigenvalue weighted by Crippen LogP contribution is 2.45. The first-order valence-corrected chi connectivity index (χ1v) is 11.5. The van der Waals surface area contributed by atoms with E-state index in [1.807, 2.05) is 6.08 Å². The minimum absolute atomic E-state index is 0.193. The molecule has 7 nitrogen and oxygen atoms in total. The molecule has 0 aromatic carbocycles. The van der Waals surface area contributed by atoms with E-state index >= 15 is 0 Å². The van der Waals surface area contributed by atoms with Gasteiger partial charge in [-0.25, -0.2) is 5.43 Å². The molecular weight excluding hydrogens is 388 g/mol. The van der Waals surface area contributed by atoms with E-state index < -0.39 is 0 Å². The number of nitrogens with zero attached hydrogens (tertiary/aromatic N) is 4. The van der Waals surface area contributed by atoms with Crippen LogP contribution >= 0.6 is 0 Å². The summed E-state index contributed by atoms with van der Waals surface area (Å²) in [4.78, 5) is 27.1. The zero-order valence-electron chi connectivity index (χ0n) is 18.2. The number of hydrazone groups is 1. The Morgan fingerprint density at radius 1 is 1.19 bits per heavy atom. The molecule has 7 heteroatoms. The molecule has 4 heterocycles. The first kappa shape index (κ1) is 20.1. The molecule has 0 bridgehead atoms. The van der Waals surface area contributed by atoms with Gasteiger partial charge in [0, 0.05) is 23.8 Å². The molecule has 31 heavy (non-hydrogen) atoms. The molecule has 0 atom stereocenters. The van der Waals surface area contributed by atoms with Crippen molar-refractivity contribution in [3.8, 4) is 0 Å². The van der Waals surface area contributed by atoms with E-state index in [0.29, 0.717) is 22.9 Å². The molecule has 1 saturated carbocycles. The molecule has 1 saturated heterocycles. The van der Waals surface area contributed by atoms with E-state index in [9.17, 15) is 4.79 Å². The SMILES string of the molecule is Cc1[nH]c(C=C2C(=O)NN=C2c2cnccn2)c(C2CC2)c1CCCCN1CCCC1. The van der Waals surface area contributed by atoms with E-state index in [2.05, 4.69) is 37.3 Å². The average molecular weight is 419 g/mol. The van der Waals surface area contributed by atoms with Gasteiger partial charge in [0.15, 0.2) is 0 Å². The van der Waals surface area contributed by atoms with Crippen molar-refractivity contribution in [1.82, 2.24) is 25.3 Å². The maximum Gasteiger partial charge on any atom is 0.273 e. The van der Waals surface area contributed by atoms with Crippen LogP contribution < -0.4 is 5.43 Å². The highest BCUT2D eigenvalue weighted by molar-refractivity contribution is 6.32. The molecule has 1 amide bonds. The lowest BCUT2D eigenvalue weighted by Crippen LogP contribution is -2.20. The zero-order chi connectivity index (χ0) is 21.2. The topological polar surface area (TPSA) is 86.3 Å². The summed E-state index contributed by atoms with van der Waals surface area (Å²) >= 11 is 0. The van der Waals surface area contributed by atoms with Crippen LogP contribution in [0.2, 0.25) is 0 Å². The van der Waals surface area contributed by atoms with E-state index in [-0.39, 0.29) is 5.91 Å². The van der Waals surface area contributed by atoms with Gasteiger partial charge in [-0.3, -0.25) is 14.8 Å². The number of rotatable bonds is 8. The monoisotopic (exact) mass is 418 g/mol. The quantitative estimate of drug-likeness (QED) is 0.509. The predicted octanol–water partition coefficient (Wildman–Crippen LogP) is 3.33. The molecule has 2 N–H and O–H groups in total. The van der Waals surface area contributed by atoms with Gasteiger partial charge in [-0.05, 0) is 94.6 Å². The molecule has 0 radical (unpaired) electrons. The number of H-pyrrole nitrogens is 1. The number of aromatic amines is 1. The summed E-state index contributed by atoms with van der Waals surface area (Å²) in [5.74, 6) is 0.411. The molecule has 0 spiro atoms. The van der Waals surface area contributed by atoms with Gasteiger partial charge < -0.3 is 9.88 Å². The Bertz CT molecular complexity index is 1010. The van der Waals surface area contributed by atoms with Crippen LogP contribution in [0.1, 0.15) is 72.7 Å². The first-order valence-electron chi connectivity index (χ1n) is 11.5. The average Bonchev–Trinajstić information content (AvgIpc) is 3.21. The van der Waals surface area contributed by atoms with Crippen LogP contribution in [0.5, 0.6) is 0 Å². The molecule has 2 aromatic heterocycles. The van der Waals surface area contributed by atoms with Gasteiger partial charge in [0.2, 0.25) is 0 Å². The van der Waals surface area contributed by atoms with Crippen molar-refractivity contribution < 1.29 is 4.79 Å². The molecule has 5 rings (SSSR count). The molecular formula is C24H30N6O. The molecule has 0 unspecified atom stereocenters. The smallest absolute Gasteiger partial charge is 0.273 e. The Morgan fingerprint density at radius 2 is 2.03 bits per heavy atom. The van der Waals surface area contributed by atoms with Crippen LogP contribution in [0, 0.1) is 6.92 Å². The number of carbonyl (C=O) groups excluding carboxylic acids is 1. The number of amides is 1. The predicted molar refractivity (Wildman–Crippen MR) is 121 cm³/mol. The maximum atomic E-state index is 12.5. The van der Waals surface area contributed by atoms with E-state index in [1.165, 1.54) is 75.0 Å². The van der Waals surface area contributed by atoms with Gasteiger partial charge in [0.05, 0.1) is 11.8 Å². The van der Waals surface area contributed by atoms with Crippen LogP contribution in [-0.4, -0.2) is 51.1 Å². The lowest BCUT2D eigenvalue weighted by atomic mass is 9.97. The fraction of sp³-hybridized carbons (Fsp3) is 0.500. The molecule has 3 aliphatic rings. The Balaban J connectivity index is 1.37. The van der Waals surface area contributed by atoms with Crippen molar-refractivity contribution in [1.29, 1.82) is 0 Å². The van der Waals surface area contributed by atoms with Crippen molar-refractivity contribution in [3.05, 3.63) is 52.4 Å². The third kappa shape index (κ3) is 4.32. The summed E-state index contributed by atoms with van der Waals surface area (Å²) in [7, 11) is 0. The Hall–Kier alpha value is -2.80.